The quantitative estimate of drug-likeness (QED) is 0.459. The van der Waals surface area contributed by atoms with Gasteiger partial charge in [-0.15, -0.1) is 0 Å². The third kappa shape index (κ3) is 4.62. The predicted octanol–water partition coefficient (Wildman–Crippen LogP) is 5.69. The third-order valence-electron chi connectivity index (χ3n) is 7.29. The standard InChI is InChI=1S/C24H35N3O3/c28-24(26(20-10-4-1-5-11-20)21-12-6-2-7-13-21)19-14-15-22(23(18-19)27(29)30)25-16-8-3-9-17-25/h14-15,18,20-21H,1-13,16-17H2. The van der Waals surface area contributed by atoms with Crippen LogP contribution in [0, 0.1) is 10.1 Å². The summed E-state index contributed by atoms with van der Waals surface area (Å²) in [7, 11) is 0. The molecule has 1 amide bonds. The maximum Gasteiger partial charge on any atom is 0.293 e. The SMILES string of the molecule is O=C(c1ccc(N2CCCCC2)c([N+](=O)[O-])c1)N(C1CCCCC1)C1CCCCC1. The first-order valence-electron chi connectivity index (χ1n) is 12.0. The summed E-state index contributed by atoms with van der Waals surface area (Å²) in [5.74, 6) is 0.00194. The Morgan fingerprint density at radius 3 is 1.93 bits per heavy atom. The van der Waals surface area contributed by atoms with Gasteiger partial charge in [0.05, 0.1) is 4.92 Å². The minimum absolute atomic E-state index is 0.00194. The smallest absolute Gasteiger partial charge is 0.293 e. The highest BCUT2D eigenvalue weighted by Gasteiger charge is 2.34. The van der Waals surface area contributed by atoms with E-state index >= 15 is 0 Å². The van der Waals surface area contributed by atoms with E-state index in [0.29, 0.717) is 11.3 Å². The van der Waals surface area contributed by atoms with Crippen LogP contribution in [0.15, 0.2) is 18.2 Å². The van der Waals surface area contributed by atoms with Crippen molar-refractivity contribution in [2.45, 2.75) is 95.6 Å². The molecule has 0 radical (unpaired) electrons. The number of hydrogen-bond acceptors (Lipinski definition) is 4. The Labute approximate surface area is 179 Å². The van der Waals surface area contributed by atoms with Crippen molar-refractivity contribution in [2.24, 2.45) is 0 Å². The molecule has 0 spiro atoms. The van der Waals surface area contributed by atoms with E-state index < -0.39 is 0 Å². The number of anilines is 1. The molecular formula is C24H35N3O3. The van der Waals surface area contributed by atoms with Crippen molar-refractivity contribution in [1.29, 1.82) is 0 Å². The van der Waals surface area contributed by atoms with Gasteiger partial charge >= 0.3 is 0 Å². The van der Waals surface area contributed by atoms with Crippen molar-refractivity contribution in [3.63, 3.8) is 0 Å². The largest absolute Gasteiger partial charge is 0.366 e. The number of amides is 1. The summed E-state index contributed by atoms with van der Waals surface area (Å²) in [5, 5.41) is 11.9. The average molecular weight is 414 g/mol. The highest BCUT2D eigenvalue weighted by molar-refractivity contribution is 5.96. The first kappa shape index (κ1) is 21.1. The Balaban J connectivity index is 1.63. The second-order valence-electron chi connectivity index (χ2n) is 9.30. The monoisotopic (exact) mass is 413 g/mol. The average Bonchev–Trinajstić information content (AvgIpc) is 2.81. The van der Waals surface area contributed by atoms with Gasteiger partial charge in [-0.25, -0.2) is 0 Å². The van der Waals surface area contributed by atoms with Crippen molar-refractivity contribution >= 4 is 17.3 Å². The van der Waals surface area contributed by atoms with Gasteiger partial charge in [0.25, 0.3) is 11.6 Å². The van der Waals surface area contributed by atoms with Gasteiger partial charge in [-0.2, -0.15) is 0 Å². The van der Waals surface area contributed by atoms with E-state index in [-0.39, 0.29) is 28.6 Å². The molecule has 1 aromatic rings. The number of carbonyl (C=O) groups excluding carboxylic acids is 1. The molecule has 0 atom stereocenters. The van der Waals surface area contributed by atoms with Gasteiger partial charge in [0.2, 0.25) is 0 Å². The molecule has 0 unspecified atom stereocenters. The molecule has 6 nitrogen and oxygen atoms in total. The molecule has 2 aliphatic carbocycles. The summed E-state index contributed by atoms with van der Waals surface area (Å²) in [5.41, 5.74) is 1.23. The molecular weight excluding hydrogens is 378 g/mol. The maximum atomic E-state index is 13.7. The number of nitro benzene ring substituents is 1. The van der Waals surface area contributed by atoms with Gasteiger partial charge in [0, 0.05) is 36.8 Å². The van der Waals surface area contributed by atoms with Gasteiger partial charge in [-0.3, -0.25) is 14.9 Å². The topological polar surface area (TPSA) is 66.7 Å². The molecule has 1 saturated heterocycles. The summed E-state index contributed by atoms with van der Waals surface area (Å²) in [6, 6.07) is 5.77. The summed E-state index contributed by atoms with van der Waals surface area (Å²) in [4.78, 5) is 29.5. The minimum Gasteiger partial charge on any atom is -0.366 e. The first-order chi connectivity index (χ1) is 14.6. The number of rotatable bonds is 5. The molecule has 30 heavy (non-hydrogen) atoms. The van der Waals surface area contributed by atoms with Gasteiger partial charge in [0.15, 0.2) is 0 Å². The van der Waals surface area contributed by atoms with Crippen molar-refractivity contribution in [3.8, 4) is 0 Å². The molecule has 0 aromatic heterocycles. The van der Waals surface area contributed by atoms with Crippen molar-refractivity contribution < 1.29 is 9.72 Å². The lowest BCUT2D eigenvalue weighted by Crippen LogP contribution is -2.48. The highest BCUT2D eigenvalue weighted by atomic mass is 16.6. The Morgan fingerprint density at radius 1 is 0.867 bits per heavy atom. The molecule has 1 aliphatic heterocycles. The normalized spacial score (nSPS) is 21.4. The minimum atomic E-state index is -0.313. The molecule has 0 N–H and O–H groups in total. The molecule has 1 aromatic carbocycles. The summed E-state index contributed by atoms with van der Waals surface area (Å²) in [6.07, 6.45) is 14.8. The summed E-state index contributed by atoms with van der Waals surface area (Å²) >= 11 is 0. The van der Waals surface area contributed by atoms with E-state index in [0.717, 1.165) is 51.6 Å². The zero-order valence-corrected chi connectivity index (χ0v) is 18.1. The maximum absolute atomic E-state index is 13.7. The van der Waals surface area contributed by atoms with E-state index in [1.165, 1.54) is 44.9 Å². The summed E-state index contributed by atoms with van der Waals surface area (Å²) < 4.78 is 0. The van der Waals surface area contributed by atoms with Crippen LogP contribution in [0.2, 0.25) is 0 Å². The van der Waals surface area contributed by atoms with E-state index in [4.69, 9.17) is 0 Å². The number of nitrogens with zero attached hydrogens (tertiary/aromatic N) is 3. The second-order valence-corrected chi connectivity index (χ2v) is 9.30. The van der Waals surface area contributed by atoms with Crippen LogP contribution in [-0.2, 0) is 0 Å². The van der Waals surface area contributed by atoms with Gasteiger partial charge in [0.1, 0.15) is 5.69 Å². The molecule has 0 bridgehead atoms. The lowest BCUT2D eigenvalue weighted by atomic mass is 9.88. The number of benzene rings is 1. The molecule has 1 heterocycles. The highest BCUT2D eigenvalue weighted by Crippen LogP contribution is 2.35. The molecule has 3 fully saturated rings. The van der Waals surface area contributed by atoms with Crippen molar-refractivity contribution in [3.05, 3.63) is 33.9 Å². The fourth-order valence-corrected chi connectivity index (χ4v) is 5.70. The van der Waals surface area contributed by atoms with Crippen LogP contribution >= 0.6 is 0 Å². The Hall–Kier alpha value is -2.11. The summed E-state index contributed by atoms with van der Waals surface area (Å²) in [6.45, 7) is 1.70. The van der Waals surface area contributed by atoms with E-state index in [1.54, 1.807) is 6.07 Å². The van der Waals surface area contributed by atoms with E-state index in [9.17, 15) is 14.9 Å². The molecule has 3 aliphatic rings. The number of nitro groups is 1. The van der Waals surface area contributed by atoms with Crippen LogP contribution in [0.5, 0.6) is 0 Å². The van der Waals surface area contributed by atoms with Crippen LogP contribution in [-0.4, -0.2) is 40.9 Å². The molecule has 4 rings (SSSR count). The fourth-order valence-electron chi connectivity index (χ4n) is 5.70. The van der Waals surface area contributed by atoms with Gasteiger partial charge in [-0.1, -0.05) is 38.5 Å². The number of carbonyl (C=O) groups is 1. The molecule has 6 heteroatoms. The Bertz CT molecular complexity index is 730. The lowest BCUT2D eigenvalue weighted by Gasteiger charge is -2.42. The zero-order valence-electron chi connectivity index (χ0n) is 18.1. The number of hydrogen-bond donors (Lipinski definition) is 0. The van der Waals surface area contributed by atoms with Crippen LogP contribution in [0.25, 0.3) is 0 Å². The van der Waals surface area contributed by atoms with E-state index in [2.05, 4.69) is 9.80 Å². The lowest BCUT2D eigenvalue weighted by molar-refractivity contribution is -0.384. The molecule has 164 valence electrons. The van der Waals surface area contributed by atoms with Crippen LogP contribution in [0.3, 0.4) is 0 Å². The zero-order chi connectivity index (χ0) is 20.9. The molecule has 2 saturated carbocycles. The Kier molecular flexibility index (Phi) is 6.90. The van der Waals surface area contributed by atoms with Crippen LogP contribution in [0.4, 0.5) is 11.4 Å². The Morgan fingerprint density at radius 2 is 1.40 bits per heavy atom. The van der Waals surface area contributed by atoms with Crippen LogP contribution < -0.4 is 4.90 Å². The van der Waals surface area contributed by atoms with Gasteiger partial charge in [-0.05, 0) is 57.1 Å². The van der Waals surface area contributed by atoms with Crippen molar-refractivity contribution in [1.82, 2.24) is 4.90 Å². The van der Waals surface area contributed by atoms with Crippen LogP contribution in [0.1, 0.15) is 93.8 Å². The first-order valence-corrected chi connectivity index (χ1v) is 12.0. The van der Waals surface area contributed by atoms with E-state index in [1.807, 2.05) is 12.1 Å². The van der Waals surface area contributed by atoms with Gasteiger partial charge < -0.3 is 9.80 Å². The fraction of sp³-hybridized carbons (Fsp3) is 0.708. The third-order valence-corrected chi connectivity index (χ3v) is 7.29. The number of piperidine rings is 1. The second kappa shape index (κ2) is 9.80. The van der Waals surface area contributed by atoms with Crippen molar-refractivity contribution in [2.75, 3.05) is 18.0 Å². The predicted molar refractivity (Wildman–Crippen MR) is 119 cm³/mol.